The van der Waals surface area contributed by atoms with Crippen molar-refractivity contribution in [3.05, 3.63) is 47.7 Å². The zero-order valence-electron chi connectivity index (χ0n) is 15.4. The van der Waals surface area contributed by atoms with Gasteiger partial charge in [0.1, 0.15) is 23.8 Å². The number of benzene rings is 1. The number of halogens is 3. The molecule has 0 aliphatic heterocycles. The second kappa shape index (κ2) is 9.56. The van der Waals surface area contributed by atoms with Gasteiger partial charge in [-0.1, -0.05) is 12.1 Å². The van der Waals surface area contributed by atoms with Gasteiger partial charge in [-0.3, -0.25) is 4.79 Å². The largest absolute Gasteiger partial charge is 0.484 e. The second-order valence-electron chi connectivity index (χ2n) is 6.21. The predicted molar refractivity (Wildman–Crippen MR) is 93.6 cm³/mol. The Kier molecular flexibility index (Phi) is 7.41. The van der Waals surface area contributed by atoms with Crippen LogP contribution in [0.3, 0.4) is 0 Å². The molecule has 0 aliphatic carbocycles. The van der Waals surface area contributed by atoms with E-state index in [1.165, 1.54) is 7.05 Å². The Balaban J connectivity index is 1.79. The zero-order valence-corrected chi connectivity index (χ0v) is 15.4. The third-order valence-corrected chi connectivity index (χ3v) is 3.88. The number of nitrogens with zero attached hydrogens (tertiary/aromatic N) is 1. The average Bonchev–Trinajstić information content (AvgIpc) is 3.16. The van der Waals surface area contributed by atoms with Crippen LogP contribution in [0.1, 0.15) is 30.2 Å². The van der Waals surface area contributed by atoms with E-state index >= 15 is 0 Å². The van der Waals surface area contributed by atoms with Crippen LogP contribution < -0.4 is 15.4 Å². The van der Waals surface area contributed by atoms with E-state index in [0.717, 1.165) is 11.8 Å². The number of carbonyl (C=O) groups is 1. The van der Waals surface area contributed by atoms with Crippen LogP contribution in [0.4, 0.5) is 13.2 Å². The van der Waals surface area contributed by atoms with Gasteiger partial charge in [0.05, 0.1) is 0 Å². The molecule has 10 heteroatoms. The minimum absolute atomic E-state index is 0.0261. The molecule has 1 heterocycles. The number of amides is 1. The van der Waals surface area contributed by atoms with Crippen molar-refractivity contribution < 1.29 is 32.2 Å². The van der Waals surface area contributed by atoms with E-state index in [2.05, 4.69) is 20.0 Å². The Bertz CT molecular complexity index is 762. The van der Waals surface area contributed by atoms with E-state index in [1.54, 1.807) is 12.1 Å². The minimum Gasteiger partial charge on any atom is -0.484 e. The monoisotopic (exact) mass is 401 g/mol. The number of hydrogen-bond acceptors (Lipinski definition) is 6. The van der Waals surface area contributed by atoms with Crippen LogP contribution in [0, 0.1) is 0 Å². The van der Waals surface area contributed by atoms with Gasteiger partial charge in [0.25, 0.3) is 5.91 Å². The summed E-state index contributed by atoms with van der Waals surface area (Å²) in [4.78, 5) is 14.4. The summed E-state index contributed by atoms with van der Waals surface area (Å²) in [6.07, 6.45) is -4.48. The summed E-state index contributed by atoms with van der Waals surface area (Å²) in [5, 5.41) is 15.5. The molecule has 1 aromatic carbocycles. The lowest BCUT2D eigenvalue weighted by molar-refractivity contribution is -0.157. The quantitative estimate of drug-likeness (QED) is 0.595. The van der Waals surface area contributed by atoms with Crippen molar-refractivity contribution in [1.29, 1.82) is 0 Å². The lowest BCUT2D eigenvalue weighted by Gasteiger charge is -2.16. The van der Waals surface area contributed by atoms with Gasteiger partial charge in [0.15, 0.2) is 6.61 Å². The first-order valence-corrected chi connectivity index (χ1v) is 8.55. The Morgan fingerprint density at radius 2 is 2.00 bits per heavy atom. The highest BCUT2D eigenvalue weighted by atomic mass is 19.4. The number of aromatic nitrogens is 1. The topological polar surface area (TPSA) is 96.6 Å². The molecule has 2 unspecified atom stereocenters. The maximum absolute atomic E-state index is 12.5. The summed E-state index contributed by atoms with van der Waals surface area (Å²) in [6, 6.07) is 7.13. The fraction of sp³-hybridized carbons (Fsp3) is 0.444. The van der Waals surface area contributed by atoms with Crippen molar-refractivity contribution in [3.63, 3.8) is 0 Å². The summed E-state index contributed by atoms with van der Waals surface area (Å²) < 4.78 is 47.1. The van der Waals surface area contributed by atoms with E-state index in [9.17, 15) is 23.1 Å². The summed E-state index contributed by atoms with van der Waals surface area (Å²) >= 11 is 0. The highest BCUT2D eigenvalue weighted by Gasteiger charge is 2.37. The van der Waals surface area contributed by atoms with Crippen molar-refractivity contribution in [2.45, 2.75) is 31.7 Å². The molecular formula is C18H22F3N3O4. The predicted octanol–water partition coefficient (Wildman–Crippen LogP) is 2.07. The van der Waals surface area contributed by atoms with Crippen molar-refractivity contribution in [3.8, 4) is 5.75 Å². The molecule has 0 radical (unpaired) electrons. The standard InChI is InChI=1S/C18H22F3N3O4/c1-11(7-12-3-5-13(6-4-12)27-10-16(26)22-2)23-8-15(25)14-9-28-17(24-14)18(19,20)21/h3-6,9,11,15,23,25H,7-8,10H2,1-2H3,(H,22,26). The number of ether oxygens (including phenoxy) is 1. The molecule has 2 aromatic rings. The van der Waals surface area contributed by atoms with Crippen LogP contribution in [-0.4, -0.2) is 42.2 Å². The number of alkyl halides is 3. The van der Waals surface area contributed by atoms with Gasteiger partial charge in [-0.2, -0.15) is 13.2 Å². The number of likely N-dealkylation sites (N-methyl/N-ethyl adjacent to an activating group) is 1. The fourth-order valence-corrected chi connectivity index (χ4v) is 2.36. The molecule has 0 spiro atoms. The van der Waals surface area contributed by atoms with Gasteiger partial charge in [0.2, 0.25) is 0 Å². The lowest BCUT2D eigenvalue weighted by atomic mass is 10.1. The van der Waals surface area contributed by atoms with Crippen LogP contribution in [0.15, 0.2) is 34.9 Å². The van der Waals surface area contributed by atoms with Crippen LogP contribution in [0.5, 0.6) is 5.75 Å². The van der Waals surface area contributed by atoms with Gasteiger partial charge < -0.3 is 24.9 Å². The molecule has 3 N–H and O–H groups in total. The van der Waals surface area contributed by atoms with Crippen molar-refractivity contribution in [2.24, 2.45) is 0 Å². The summed E-state index contributed by atoms with van der Waals surface area (Å²) in [5.74, 6) is -1.04. The summed E-state index contributed by atoms with van der Waals surface area (Å²) in [6.45, 7) is 1.84. The molecular weight excluding hydrogens is 379 g/mol. The lowest BCUT2D eigenvalue weighted by Crippen LogP contribution is -2.32. The van der Waals surface area contributed by atoms with Gasteiger partial charge in [-0.25, -0.2) is 4.98 Å². The number of nitrogens with one attached hydrogen (secondary N) is 2. The third-order valence-electron chi connectivity index (χ3n) is 3.88. The Morgan fingerprint density at radius 3 is 2.57 bits per heavy atom. The number of carbonyl (C=O) groups excluding carboxylic acids is 1. The first-order chi connectivity index (χ1) is 13.2. The SMILES string of the molecule is CNC(=O)COc1ccc(CC(C)NCC(O)c2coc(C(F)(F)F)n2)cc1. The summed E-state index contributed by atoms with van der Waals surface area (Å²) in [5.41, 5.74) is 0.812. The zero-order chi connectivity index (χ0) is 20.7. The first-order valence-electron chi connectivity index (χ1n) is 8.55. The van der Waals surface area contributed by atoms with Gasteiger partial charge in [-0.05, 0) is 31.0 Å². The van der Waals surface area contributed by atoms with Crippen LogP contribution in [0.25, 0.3) is 0 Å². The molecule has 1 amide bonds. The van der Waals surface area contributed by atoms with Gasteiger partial charge in [0, 0.05) is 19.6 Å². The number of rotatable bonds is 9. The van der Waals surface area contributed by atoms with Crippen LogP contribution in [-0.2, 0) is 17.4 Å². The number of aliphatic hydroxyl groups is 1. The first kappa shape index (κ1) is 21.7. The van der Waals surface area contributed by atoms with Crippen molar-refractivity contribution >= 4 is 5.91 Å². The molecule has 0 saturated heterocycles. The fourth-order valence-electron chi connectivity index (χ4n) is 2.36. The summed E-state index contributed by atoms with van der Waals surface area (Å²) in [7, 11) is 1.53. The highest BCUT2D eigenvalue weighted by molar-refractivity contribution is 5.77. The molecule has 0 saturated carbocycles. The van der Waals surface area contributed by atoms with E-state index in [4.69, 9.17) is 4.74 Å². The maximum Gasteiger partial charge on any atom is 0.468 e. The Hall–Kier alpha value is -2.59. The maximum atomic E-state index is 12.5. The van der Waals surface area contributed by atoms with E-state index in [1.807, 2.05) is 19.1 Å². The second-order valence-corrected chi connectivity index (χ2v) is 6.21. The number of oxazole rings is 1. The average molecular weight is 401 g/mol. The van der Waals surface area contributed by atoms with Gasteiger partial charge in [-0.15, -0.1) is 0 Å². The number of aliphatic hydroxyl groups excluding tert-OH is 1. The smallest absolute Gasteiger partial charge is 0.468 e. The van der Waals surface area contributed by atoms with Gasteiger partial charge >= 0.3 is 12.1 Å². The molecule has 0 bridgehead atoms. The van der Waals surface area contributed by atoms with E-state index in [0.29, 0.717) is 12.2 Å². The normalized spacial score (nSPS) is 13.8. The van der Waals surface area contributed by atoms with Crippen LogP contribution >= 0.6 is 0 Å². The van der Waals surface area contributed by atoms with Crippen molar-refractivity contribution in [1.82, 2.24) is 15.6 Å². The Labute approximate surface area is 159 Å². The molecule has 0 aliphatic rings. The molecule has 2 rings (SSSR count). The third kappa shape index (κ3) is 6.54. The molecule has 0 fully saturated rings. The van der Waals surface area contributed by atoms with E-state index < -0.39 is 18.2 Å². The van der Waals surface area contributed by atoms with E-state index in [-0.39, 0.29) is 30.8 Å². The molecule has 7 nitrogen and oxygen atoms in total. The molecule has 2 atom stereocenters. The number of hydrogen-bond donors (Lipinski definition) is 3. The Morgan fingerprint density at radius 1 is 1.32 bits per heavy atom. The molecule has 1 aromatic heterocycles. The molecule has 154 valence electrons. The van der Waals surface area contributed by atoms with Crippen molar-refractivity contribution in [2.75, 3.05) is 20.2 Å². The molecule has 28 heavy (non-hydrogen) atoms. The highest BCUT2D eigenvalue weighted by Crippen LogP contribution is 2.29. The minimum atomic E-state index is -4.69. The van der Waals surface area contributed by atoms with Crippen LogP contribution in [0.2, 0.25) is 0 Å².